The van der Waals surface area contributed by atoms with E-state index in [0.717, 1.165) is 55.1 Å². The van der Waals surface area contributed by atoms with E-state index in [2.05, 4.69) is 84.0 Å². The Kier molecular flexibility index (Phi) is 7.41. The fourth-order valence-electron chi connectivity index (χ4n) is 4.93. The fourth-order valence-corrected chi connectivity index (χ4v) is 4.93. The number of hydrogen-bond acceptors (Lipinski definition) is 4. The molecular formula is C28H38N4O2. The average molecular weight is 463 g/mol. The normalized spacial score (nSPS) is 15.9. The highest BCUT2D eigenvalue weighted by atomic mass is 16.5. The highest BCUT2D eigenvalue weighted by Gasteiger charge is 2.25. The van der Waals surface area contributed by atoms with Crippen LogP contribution in [0.5, 0.6) is 0 Å². The van der Waals surface area contributed by atoms with Gasteiger partial charge in [0, 0.05) is 60.3 Å². The van der Waals surface area contributed by atoms with E-state index >= 15 is 0 Å². The Morgan fingerprint density at radius 2 is 1.74 bits per heavy atom. The lowest BCUT2D eigenvalue weighted by atomic mass is 10.0. The topological polar surface area (TPSA) is 49.2 Å². The molecule has 3 heterocycles. The molecule has 1 N–H and O–H groups in total. The Morgan fingerprint density at radius 3 is 2.35 bits per heavy atom. The average Bonchev–Trinajstić information content (AvgIpc) is 3.22. The van der Waals surface area contributed by atoms with Gasteiger partial charge in [-0.15, -0.1) is 0 Å². The molecule has 0 bridgehead atoms. The number of carbonyl (C=O) groups is 1. The number of amides is 1. The molecule has 1 saturated heterocycles. The first kappa shape index (κ1) is 24.5. The largest absolute Gasteiger partial charge is 0.379 e. The molecule has 0 spiro atoms. The molecule has 1 fully saturated rings. The number of carbonyl (C=O) groups excluding carboxylic acids is 1. The quantitative estimate of drug-likeness (QED) is 0.561. The van der Waals surface area contributed by atoms with Crippen molar-refractivity contribution in [3.8, 4) is 11.1 Å². The van der Waals surface area contributed by atoms with Crippen molar-refractivity contribution in [3.63, 3.8) is 0 Å². The number of fused-ring (bicyclic) bond motifs is 1. The van der Waals surface area contributed by atoms with Crippen LogP contribution in [0, 0.1) is 6.92 Å². The molecular weight excluding hydrogens is 424 g/mol. The van der Waals surface area contributed by atoms with Crippen LogP contribution in [-0.4, -0.2) is 66.5 Å². The summed E-state index contributed by atoms with van der Waals surface area (Å²) in [6.45, 7) is 12.5. The van der Waals surface area contributed by atoms with Crippen LogP contribution in [0.15, 0.2) is 42.6 Å². The van der Waals surface area contributed by atoms with Gasteiger partial charge in [-0.05, 0) is 70.6 Å². The van der Waals surface area contributed by atoms with E-state index in [0.29, 0.717) is 0 Å². The Labute approximate surface area is 203 Å². The first-order valence-electron chi connectivity index (χ1n) is 12.3. The van der Waals surface area contributed by atoms with Gasteiger partial charge in [-0.1, -0.05) is 24.3 Å². The summed E-state index contributed by atoms with van der Waals surface area (Å²) in [6.07, 6.45) is 2.22. The predicted octanol–water partition coefficient (Wildman–Crippen LogP) is 4.51. The van der Waals surface area contributed by atoms with Gasteiger partial charge in [0.25, 0.3) is 5.91 Å². The molecule has 1 aliphatic heterocycles. The van der Waals surface area contributed by atoms with E-state index in [1.807, 2.05) is 19.9 Å². The van der Waals surface area contributed by atoms with Crippen LogP contribution in [-0.2, 0) is 11.3 Å². The van der Waals surface area contributed by atoms with Crippen LogP contribution in [0.1, 0.15) is 54.0 Å². The van der Waals surface area contributed by atoms with Crippen LogP contribution in [0.3, 0.4) is 0 Å². The van der Waals surface area contributed by atoms with Crippen LogP contribution >= 0.6 is 0 Å². The van der Waals surface area contributed by atoms with Gasteiger partial charge in [-0.25, -0.2) is 0 Å². The molecule has 0 saturated carbocycles. The number of ether oxygens (including phenoxy) is 1. The maximum atomic E-state index is 13.1. The standard InChI is InChI=1S/C28H38N4O2/c1-19(2)29-28(33)26-16-25-15-24(23-9-7-22(8-10-23)17-30(5)6)18-32(25)27(20(26)3)21(4)31-11-13-34-14-12-31/h7-10,15-16,18-19,21H,11-14,17H2,1-6H3,(H,29,33). The van der Waals surface area contributed by atoms with Crippen LogP contribution in [0.4, 0.5) is 0 Å². The first-order chi connectivity index (χ1) is 16.2. The van der Waals surface area contributed by atoms with E-state index in [-0.39, 0.29) is 18.0 Å². The van der Waals surface area contributed by atoms with Crippen molar-refractivity contribution in [1.82, 2.24) is 19.5 Å². The van der Waals surface area contributed by atoms with E-state index in [9.17, 15) is 4.79 Å². The molecule has 1 aliphatic rings. The molecule has 4 rings (SSSR count). The highest BCUT2D eigenvalue weighted by molar-refractivity contribution is 5.97. The number of nitrogens with zero attached hydrogens (tertiary/aromatic N) is 3. The summed E-state index contributed by atoms with van der Waals surface area (Å²) in [5, 5.41) is 3.08. The summed E-state index contributed by atoms with van der Waals surface area (Å²) in [6, 6.07) is 13.3. The smallest absolute Gasteiger partial charge is 0.251 e. The van der Waals surface area contributed by atoms with E-state index in [4.69, 9.17) is 4.74 Å². The van der Waals surface area contributed by atoms with Gasteiger partial charge in [-0.2, -0.15) is 0 Å². The molecule has 6 nitrogen and oxygen atoms in total. The molecule has 182 valence electrons. The van der Waals surface area contributed by atoms with Crippen LogP contribution in [0.25, 0.3) is 16.6 Å². The zero-order valence-electron chi connectivity index (χ0n) is 21.4. The third-order valence-electron chi connectivity index (χ3n) is 6.63. The minimum Gasteiger partial charge on any atom is -0.379 e. The first-order valence-corrected chi connectivity index (χ1v) is 12.3. The lowest BCUT2D eigenvalue weighted by Gasteiger charge is -2.34. The monoisotopic (exact) mass is 462 g/mol. The summed E-state index contributed by atoms with van der Waals surface area (Å²) in [5.41, 5.74) is 7.64. The fraction of sp³-hybridized carbons (Fsp3) is 0.464. The van der Waals surface area contributed by atoms with Gasteiger partial charge in [0.05, 0.1) is 13.2 Å². The Hall–Kier alpha value is -2.67. The zero-order chi connectivity index (χ0) is 24.4. The van der Waals surface area contributed by atoms with Gasteiger partial charge >= 0.3 is 0 Å². The number of nitrogens with one attached hydrogen (secondary N) is 1. The molecule has 1 atom stereocenters. The Morgan fingerprint density at radius 1 is 1.06 bits per heavy atom. The second kappa shape index (κ2) is 10.3. The van der Waals surface area contributed by atoms with Crippen LogP contribution in [0.2, 0.25) is 0 Å². The van der Waals surface area contributed by atoms with Crippen molar-refractivity contribution >= 4 is 11.4 Å². The summed E-state index contributed by atoms with van der Waals surface area (Å²) in [5.74, 6) is -0.0128. The third-order valence-corrected chi connectivity index (χ3v) is 6.63. The SMILES string of the molecule is Cc1c(C(=O)NC(C)C)cc2cc(-c3ccc(CN(C)C)cc3)cn2c1C(C)N1CCOCC1. The summed E-state index contributed by atoms with van der Waals surface area (Å²) >= 11 is 0. The minimum atomic E-state index is -0.0128. The van der Waals surface area contributed by atoms with Crippen molar-refractivity contribution in [3.05, 3.63) is 65.0 Å². The van der Waals surface area contributed by atoms with Gasteiger partial charge in [0.1, 0.15) is 0 Å². The second-order valence-electron chi connectivity index (χ2n) is 9.98. The Bertz CT molecular complexity index is 1140. The minimum absolute atomic E-state index is 0.0128. The molecule has 3 aromatic rings. The van der Waals surface area contributed by atoms with Crippen molar-refractivity contribution in [2.75, 3.05) is 40.4 Å². The maximum absolute atomic E-state index is 13.1. The maximum Gasteiger partial charge on any atom is 0.251 e. The van der Waals surface area contributed by atoms with Crippen molar-refractivity contribution in [2.45, 2.75) is 46.3 Å². The lowest BCUT2D eigenvalue weighted by molar-refractivity contribution is 0.0187. The molecule has 6 heteroatoms. The number of rotatable bonds is 7. The number of aromatic nitrogens is 1. The molecule has 1 aromatic carbocycles. The second-order valence-corrected chi connectivity index (χ2v) is 9.98. The van der Waals surface area contributed by atoms with E-state index in [1.165, 1.54) is 16.8 Å². The number of hydrogen-bond donors (Lipinski definition) is 1. The predicted molar refractivity (Wildman–Crippen MR) is 138 cm³/mol. The molecule has 0 radical (unpaired) electrons. The molecule has 34 heavy (non-hydrogen) atoms. The highest BCUT2D eigenvalue weighted by Crippen LogP contribution is 2.32. The van der Waals surface area contributed by atoms with Gasteiger partial charge in [-0.3, -0.25) is 9.69 Å². The number of pyridine rings is 1. The van der Waals surface area contributed by atoms with E-state index < -0.39 is 0 Å². The molecule has 0 aliphatic carbocycles. The molecule has 1 unspecified atom stereocenters. The summed E-state index contributed by atoms with van der Waals surface area (Å²) in [7, 11) is 4.17. The third kappa shape index (κ3) is 5.19. The summed E-state index contributed by atoms with van der Waals surface area (Å²) < 4.78 is 7.87. The molecule has 2 aromatic heterocycles. The van der Waals surface area contributed by atoms with Crippen molar-refractivity contribution in [1.29, 1.82) is 0 Å². The van der Waals surface area contributed by atoms with Crippen LogP contribution < -0.4 is 5.32 Å². The van der Waals surface area contributed by atoms with Crippen molar-refractivity contribution in [2.24, 2.45) is 0 Å². The number of morpholine rings is 1. The molecule has 1 amide bonds. The lowest BCUT2D eigenvalue weighted by Crippen LogP contribution is -2.39. The summed E-state index contributed by atoms with van der Waals surface area (Å²) in [4.78, 5) is 17.7. The zero-order valence-corrected chi connectivity index (χ0v) is 21.4. The van der Waals surface area contributed by atoms with Gasteiger partial charge < -0.3 is 19.4 Å². The number of benzene rings is 1. The Balaban J connectivity index is 1.80. The van der Waals surface area contributed by atoms with E-state index in [1.54, 1.807) is 0 Å². The van der Waals surface area contributed by atoms with Crippen molar-refractivity contribution < 1.29 is 9.53 Å². The van der Waals surface area contributed by atoms with Gasteiger partial charge in [0.2, 0.25) is 0 Å². The van der Waals surface area contributed by atoms with Gasteiger partial charge in [0.15, 0.2) is 0 Å².